The summed E-state index contributed by atoms with van der Waals surface area (Å²) in [6.07, 6.45) is 2.40. The molecule has 0 saturated heterocycles. The van der Waals surface area contributed by atoms with Crippen molar-refractivity contribution in [1.29, 1.82) is 0 Å². The molecule has 0 unspecified atom stereocenters. The first-order valence-electron chi connectivity index (χ1n) is 6.68. The van der Waals surface area contributed by atoms with Gasteiger partial charge in [0.25, 0.3) is 5.91 Å². The van der Waals surface area contributed by atoms with Crippen molar-refractivity contribution in [3.8, 4) is 6.08 Å². The summed E-state index contributed by atoms with van der Waals surface area (Å²) >= 11 is 0. The minimum Gasteiger partial charge on any atom is -0.439 e. The lowest BCUT2D eigenvalue weighted by atomic mass is 10.1. The van der Waals surface area contributed by atoms with Crippen LogP contribution in [0.2, 0.25) is 0 Å². The van der Waals surface area contributed by atoms with Crippen LogP contribution in [-0.2, 0) is 11.2 Å². The first kappa shape index (κ1) is 13.5. The second kappa shape index (κ2) is 5.90. The monoisotopic (exact) mass is 291 g/mol. The van der Waals surface area contributed by atoms with E-state index in [4.69, 9.17) is 9.26 Å². The standard InChI is InChI=1S/C14H14FN3O3/c15-10-3-1-9(2-4-10)7-12-17-14(21-18-12)20-8-13(19)16-11-5-6-11/h1-4,11H,5-8H2,(H,16,19). The summed E-state index contributed by atoms with van der Waals surface area (Å²) in [4.78, 5) is 15.5. The average Bonchev–Trinajstić information content (AvgIpc) is 3.17. The Morgan fingerprint density at radius 2 is 2.14 bits per heavy atom. The molecule has 110 valence electrons. The minimum atomic E-state index is -0.294. The smallest absolute Gasteiger partial charge is 0.417 e. The Balaban J connectivity index is 1.50. The van der Waals surface area contributed by atoms with Crippen LogP contribution in [-0.4, -0.2) is 28.7 Å². The van der Waals surface area contributed by atoms with E-state index in [9.17, 15) is 9.18 Å². The van der Waals surface area contributed by atoms with Gasteiger partial charge in [-0.25, -0.2) is 4.39 Å². The fourth-order valence-corrected chi connectivity index (χ4v) is 1.78. The zero-order valence-electron chi connectivity index (χ0n) is 11.2. The number of nitrogens with one attached hydrogen (secondary N) is 1. The third kappa shape index (κ3) is 4.01. The summed E-state index contributed by atoms with van der Waals surface area (Å²) in [5.74, 6) is -0.0763. The van der Waals surface area contributed by atoms with Crippen LogP contribution in [0.1, 0.15) is 24.2 Å². The van der Waals surface area contributed by atoms with E-state index in [1.807, 2.05) is 0 Å². The van der Waals surface area contributed by atoms with Crippen molar-refractivity contribution in [2.24, 2.45) is 0 Å². The summed E-state index contributed by atoms with van der Waals surface area (Å²) in [5, 5.41) is 6.54. The van der Waals surface area contributed by atoms with Crippen molar-refractivity contribution in [3.05, 3.63) is 41.5 Å². The fraction of sp³-hybridized carbons (Fsp3) is 0.357. The van der Waals surface area contributed by atoms with E-state index in [0.29, 0.717) is 12.2 Å². The van der Waals surface area contributed by atoms with Gasteiger partial charge < -0.3 is 10.1 Å². The van der Waals surface area contributed by atoms with E-state index in [1.165, 1.54) is 12.1 Å². The van der Waals surface area contributed by atoms with Gasteiger partial charge in [0.05, 0.1) is 0 Å². The lowest BCUT2D eigenvalue weighted by Crippen LogP contribution is -2.30. The summed E-state index contributed by atoms with van der Waals surface area (Å²) in [6.45, 7) is -0.144. The molecule has 1 aromatic heterocycles. The number of hydrogen-bond acceptors (Lipinski definition) is 5. The predicted molar refractivity (Wildman–Crippen MR) is 70.2 cm³/mol. The van der Waals surface area contributed by atoms with Crippen LogP contribution in [0.5, 0.6) is 6.08 Å². The largest absolute Gasteiger partial charge is 0.439 e. The van der Waals surface area contributed by atoms with E-state index in [0.717, 1.165) is 18.4 Å². The molecule has 7 heteroatoms. The molecule has 21 heavy (non-hydrogen) atoms. The van der Waals surface area contributed by atoms with Crippen LogP contribution < -0.4 is 10.1 Å². The summed E-state index contributed by atoms with van der Waals surface area (Å²) in [5.41, 5.74) is 0.857. The number of aromatic nitrogens is 2. The molecule has 6 nitrogen and oxygen atoms in total. The molecule has 3 rings (SSSR count). The minimum absolute atomic E-state index is 0.0435. The number of rotatable bonds is 6. The zero-order valence-corrected chi connectivity index (χ0v) is 11.2. The Hall–Kier alpha value is -2.44. The van der Waals surface area contributed by atoms with E-state index >= 15 is 0 Å². The molecule has 1 aromatic carbocycles. The summed E-state index contributed by atoms with van der Waals surface area (Å²) in [7, 11) is 0. The van der Waals surface area contributed by atoms with Crippen molar-refractivity contribution in [1.82, 2.24) is 15.5 Å². The maximum absolute atomic E-state index is 12.8. The first-order chi connectivity index (χ1) is 10.2. The van der Waals surface area contributed by atoms with Crippen LogP contribution in [0.3, 0.4) is 0 Å². The SMILES string of the molecule is O=C(COc1nc(Cc2ccc(F)cc2)no1)NC1CC1. The third-order valence-electron chi connectivity index (χ3n) is 2.99. The first-order valence-corrected chi connectivity index (χ1v) is 6.68. The number of carbonyl (C=O) groups excluding carboxylic acids is 1. The molecule has 0 atom stereocenters. The van der Waals surface area contributed by atoms with Crippen LogP contribution >= 0.6 is 0 Å². The molecule has 1 saturated carbocycles. The Bertz CT molecular complexity index is 623. The maximum Gasteiger partial charge on any atom is 0.417 e. The second-order valence-electron chi connectivity index (χ2n) is 4.91. The maximum atomic E-state index is 12.8. The number of hydrogen-bond donors (Lipinski definition) is 1. The Kier molecular flexibility index (Phi) is 3.81. The molecule has 1 fully saturated rings. The quantitative estimate of drug-likeness (QED) is 0.871. The van der Waals surface area contributed by atoms with Crippen molar-refractivity contribution in [2.75, 3.05) is 6.61 Å². The lowest BCUT2D eigenvalue weighted by Gasteiger charge is -2.01. The normalized spacial score (nSPS) is 14.0. The molecule has 0 spiro atoms. The van der Waals surface area contributed by atoms with Crippen molar-refractivity contribution in [2.45, 2.75) is 25.3 Å². The van der Waals surface area contributed by atoms with Gasteiger partial charge >= 0.3 is 6.08 Å². The number of nitrogens with zero attached hydrogens (tertiary/aromatic N) is 2. The number of amides is 1. The molecular weight excluding hydrogens is 277 g/mol. The number of ether oxygens (including phenoxy) is 1. The van der Waals surface area contributed by atoms with Crippen molar-refractivity contribution < 1.29 is 18.4 Å². The van der Waals surface area contributed by atoms with Crippen LogP contribution in [0.15, 0.2) is 28.8 Å². The van der Waals surface area contributed by atoms with Gasteiger partial charge in [-0.05, 0) is 30.5 Å². The van der Waals surface area contributed by atoms with E-state index in [1.54, 1.807) is 12.1 Å². The Labute approximate surface area is 120 Å². The van der Waals surface area contributed by atoms with Gasteiger partial charge in [-0.3, -0.25) is 9.32 Å². The van der Waals surface area contributed by atoms with Crippen LogP contribution in [0.4, 0.5) is 4.39 Å². The highest BCUT2D eigenvalue weighted by molar-refractivity contribution is 5.78. The highest BCUT2D eigenvalue weighted by atomic mass is 19.1. The molecule has 1 aliphatic carbocycles. The number of carbonyl (C=O) groups is 1. The average molecular weight is 291 g/mol. The topological polar surface area (TPSA) is 77.2 Å². The van der Waals surface area contributed by atoms with Gasteiger partial charge in [0.15, 0.2) is 12.4 Å². The highest BCUT2D eigenvalue weighted by Crippen LogP contribution is 2.18. The second-order valence-corrected chi connectivity index (χ2v) is 4.91. The van der Waals surface area contributed by atoms with Gasteiger partial charge in [-0.2, -0.15) is 4.98 Å². The number of halogens is 1. The van der Waals surface area contributed by atoms with Crippen molar-refractivity contribution in [3.63, 3.8) is 0 Å². The van der Waals surface area contributed by atoms with Crippen molar-refractivity contribution >= 4 is 5.91 Å². The molecule has 0 radical (unpaired) electrons. The van der Waals surface area contributed by atoms with Crippen LogP contribution in [0.25, 0.3) is 0 Å². The fourth-order valence-electron chi connectivity index (χ4n) is 1.78. The molecule has 0 bridgehead atoms. The molecule has 1 amide bonds. The lowest BCUT2D eigenvalue weighted by molar-refractivity contribution is -0.123. The van der Waals surface area contributed by atoms with Gasteiger partial charge in [0, 0.05) is 12.5 Å². The van der Waals surface area contributed by atoms with Gasteiger partial charge in [0.1, 0.15) is 5.82 Å². The number of benzene rings is 1. The molecule has 1 aliphatic rings. The molecular formula is C14H14FN3O3. The highest BCUT2D eigenvalue weighted by Gasteiger charge is 2.23. The third-order valence-corrected chi connectivity index (χ3v) is 2.99. The summed E-state index contributed by atoms with van der Waals surface area (Å²) in [6, 6.07) is 6.33. The van der Waals surface area contributed by atoms with E-state index in [-0.39, 0.29) is 30.4 Å². The predicted octanol–water partition coefficient (Wildman–Crippen LogP) is 1.46. The Morgan fingerprint density at radius 3 is 2.86 bits per heavy atom. The summed E-state index contributed by atoms with van der Waals surface area (Å²) < 4.78 is 22.8. The van der Waals surface area contributed by atoms with Crippen LogP contribution in [0, 0.1) is 5.82 Å². The van der Waals surface area contributed by atoms with Gasteiger partial charge in [-0.15, -0.1) is 0 Å². The Morgan fingerprint density at radius 1 is 1.38 bits per heavy atom. The molecule has 2 aromatic rings. The molecule has 1 heterocycles. The molecule has 0 aliphatic heterocycles. The van der Waals surface area contributed by atoms with E-state index < -0.39 is 0 Å². The zero-order chi connectivity index (χ0) is 14.7. The van der Waals surface area contributed by atoms with Gasteiger partial charge in [-0.1, -0.05) is 17.3 Å². The molecule has 1 N–H and O–H groups in total. The van der Waals surface area contributed by atoms with E-state index in [2.05, 4.69) is 15.5 Å². The van der Waals surface area contributed by atoms with Gasteiger partial charge in [0.2, 0.25) is 0 Å².